The van der Waals surface area contributed by atoms with Crippen LogP contribution in [0.15, 0.2) is 84.4 Å². The first-order chi connectivity index (χ1) is 20.7. The molecule has 2 saturated heterocycles. The number of phenolic OH excluding ortho intramolecular Hbond substituents is 1. The highest BCUT2D eigenvalue weighted by molar-refractivity contribution is 6.31. The fraction of sp³-hybridized carbons (Fsp3) is 0.294. The molecule has 43 heavy (non-hydrogen) atoms. The van der Waals surface area contributed by atoms with E-state index < -0.39 is 35.0 Å². The average Bonchev–Trinajstić information content (AvgIpc) is 3.38. The standard InChI is InChI=1S/C34H29ClN2O6/c1-34-26(31(40)37(33(34)42)19-6-4-3-5-7-19)17-25-22(29(34)23-13-12-21(43-2)16-27(23)38)14-15-24-28(25)32(41)36(30(24)39)20-10-8-18(35)9-11-20/h3-14,16,24-26,28-29,38H,15,17H2,1-2H3. The van der Waals surface area contributed by atoms with Gasteiger partial charge in [0, 0.05) is 22.6 Å². The van der Waals surface area contributed by atoms with E-state index in [1.165, 1.54) is 23.0 Å². The highest BCUT2D eigenvalue weighted by Crippen LogP contribution is 2.64. The molecule has 0 radical (unpaired) electrons. The molecule has 7 rings (SSSR count). The van der Waals surface area contributed by atoms with Crippen molar-refractivity contribution < 1.29 is 29.0 Å². The summed E-state index contributed by atoms with van der Waals surface area (Å²) < 4.78 is 5.31. The van der Waals surface area contributed by atoms with Crippen LogP contribution in [0.4, 0.5) is 11.4 Å². The van der Waals surface area contributed by atoms with Gasteiger partial charge >= 0.3 is 0 Å². The molecule has 1 saturated carbocycles. The lowest BCUT2D eigenvalue weighted by Gasteiger charge is -2.49. The molecule has 0 spiro atoms. The van der Waals surface area contributed by atoms with E-state index >= 15 is 0 Å². The maximum atomic E-state index is 14.4. The number of rotatable bonds is 4. The lowest BCUT2D eigenvalue weighted by Crippen LogP contribution is -2.48. The van der Waals surface area contributed by atoms with Gasteiger partial charge in [0.25, 0.3) is 0 Å². The Bertz CT molecular complexity index is 1720. The molecule has 1 N–H and O–H groups in total. The summed E-state index contributed by atoms with van der Waals surface area (Å²) in [6, 6.07) is 20.3. The highest BCUT2D eigenvalue weighted by atomic mass is 35.5. The van der Waals surface area contributed by atoms with E-state index in [9.17, 15) is 24.3 Å². The van der Waals surface area contributed by atoms with Crippen LogP contribution >= 0.6 is 11.6 Å². The number of phenols is 1. The molecule has 8 nitrogen and oxygen atoms in total. The van der Waals surface area contributed by atoms with Crippen molar-refractivity contribution in [3.8, 4) is 11.5 Å². The predicted octanol–water partition coefficient (Wildman–Crippen LogP) is 5.49. The molecule has 218 valence electrons. The van der Waals surface area contributed by atoms with E-state index in [0.29, 0.717) is 34.1 Å². The smallest absolute Gasteiger partial charge is 0.241 e. The van der Waals surface area contributed by atoms with Crippen LogP contribution in [0.1, 0.15) is 31.2 Å². The Morgan fingerprint density at radius 3 is 2.23 bits per heavy atom. The van der Waals surface area contributed by atoms with E-state index in [4.69, 9.17) is 16.3 Å². The van der Waals surface area contributed by atoms with Gasteiger partial charge in [-0.15, -0.1) is 0 Å². The molecule has 2 aliphatic carbocycles. The molecule has 3 fully saturated rings. The lowest BCUT2D eigenvalue weighted by molar-refractivity contribution is -0.131. The van der Waals surface area contributed by atoms with E-state index in [-0.39, 0.29) is 35.8 Å². The van der Waals surface area contributed by atoms with E-state index in [2.05, 4.69) is 0 Å². The fourth-order valence-corrected chi connectivity index (χ4v) is 8.05. The zero-order valence-corrected chi connectivity index (χ0v) is 24.3. The van der Waals surface area contributed by atoms with Gasteiger partial charge in [0.15, 0.2) is 0 Å². The summed E-state index contributed by atoms with van der Waals surface area (Å²) in [6.07, 6.45) is 2.50. The maximum absolute atomic E-state index is 14.4. The van der Waals surface area contributed by atoms with Crippen molar-refractivity contribution in [2.24, 2.45) is 29.1 Å². The minimum Gasteiger partial charge on any atom is -0.508 e. The zero-order chi connectivity index (χ0) is 30.2. The third-order valence-electron chi connectivity index (χ3n) is 9.92. The topological polar surface area (TPSA) is 104 Å². The van der Waals surface area contributed by atoms with Crippen molar-refractivity contribution in [1.29, 1.82) is 0 Å². The van der Waals surface area contributed by atoms with Gasteiger partial charge in [-0.1, -0.05) is 47.5 Å². The number of nitrogens with zero attached hydrogens (tertiary/aromatic N) is 2. The second kappa shape index (κ2) is 9.81. The molecule has 3 aromatic rings. The minimum atomic E-state index is -1.24. The van der Waals surface area contributed by atoms with Crippen LogP contribution in [0.3, 0.4) is 0 Å². The maximum Gasteiger partial charge on any atom is 0.241 e. The molecule has 6 unspecified atom stereocenters. The molecular weight excluding hydrogens is 568 g/mol. The second-order valence-corrected chi connectivity index (χ2v) is 12.3. The quantitative estimate of drug-likeness (QED) is 0.316. The number of hydrogen-bond donors (Lipinski definition) is 1. The number of carbonyl (C=O) groups is 4. The molecule has 0 aromatic heterocycles. The molecule has 0 bridgehead atoms. The van der Waals surface area contributed by atoms with Crippen molar-refractivity contribution in [3.63, 3.8) is 0 Å². The number of methoxy groups -OCH3 is 1. The van der Waals surface area contributed by atoms with Gasteiger partial charge in [0.05, 0.1) is 41.7 Å². The first-order valence-electron chi connectivity index (χ1n) is 14.3. The van der Waals surface area contributed by atoms with Crippen molar-refractivity contribution in [1.82, 2.24) is 0 Å². The first-order valence-corrected chi connectivity index (χ1v) is 14.7. The number of para-hydroxylation sites is 1. The number of amides is 4. The van der Waals surface area contributed by atoms with Gasteiger partial charge < -0.3 is 9.84 Å². The molecule has 2 aliphatic heterocycles. The lowest BCUT2D eigenvalue weighted by atomic mass is 9.51. The van der Waals surface area contributed by atoms with Crippen molar-refractivity contribution >= 4 is 46.6 Å². The van der Waals surface area contributed by atoms with Crippen molar-refractivity contribution in [2.75, 3.05) is 16.9 Å². The van der Waals surface area contributed by atoms with Crippen LogP contribution in [0.5, 0.6) is 11.5 Å². The first kappa shape index (κ1) is 27.4. The molecule has 3 aromatic carbocycles. The van der Waals surface area contributed by atoms with Crippen LogP contribution in [0, 0.1) is 29.1 Å². The third kappa shape index (κ3) is 3.82. The summed E-state index contributed by atoms with van der Waals surface area (Å²) in [5.74, 6) is -4.20. The number of benzene rings is 3. The number of allylic oxidation sites excluding steroid dienone is 2. The van der Waals surface area contributed by atoms with Crippen molar-refractivity contribution in [3.05, 3.63) is 95.0 Å². The summed E-state index contributed by atoms with van der Waals surface area (Å²) in [7, 11) is 1.50. The average molecular weight is 597 g/mol. The Morgan fingerprint density at radius 2 is 1.56 bits per heavy atom. The van der Waals surface area contributed by atoms with Crippen LogP contribution < -0.4 is 14.5 Å². The van der Waals surface area contributed by atoms with Gasteiger partial charge in [0.1, 0.15) is 11.5 Å². The summed E-state index contributed by atoms with van der Waals surface area (Å²) in [4.78, 5) is 58.9. The number of ether oxygens (including phenoxy) is 1. The van der Waals surface area contributed by atoms with E-state index in [0.717, 1.165) is 5.57 Å². The molecular formula is C34H29ClN2O6. The van der Waals surface area contributed by atoms with E-state index in [1.807, 2.05) is 12.1 Å². The van der Waals surface area contributed by atoms with Crippen LogP contribution in [0.25, 0.3) is 0 Å². The number of fused-ring (bicyclic) bond motifs is 4. The van der Waals surface area contributed by atoms with Gasteiger partial charge in [-0.25, -0.2) is 4.90 Å². The van der Waals surface area contributed by atoms with Gasteiger partial charge in [-0.2, -0.15) is 0 Å². The Kier molecular flexibility index (Phi) is 6.25. The second-order valence-electron chi connectivity index (χ2n) is 11.9. The van der Waals surface area contributed by atoms with Gasteiger partial charge in [-0.05, 0) is 68.1 Å². The van der Waals surface area contributed by atoms with Gasteiger partial charge in [-0.3, -0.25) is 24.1 Å². The Balaban J connectivity index is 1.37. The Hall–Kier alpha value is -4.43. The predicted molar refractivity (Wildman–Crippen MR) is 160 cm³/mol. The molecule has 4 amide bonds. The summed E-state index contributed by atoms with van der Waals surface area (Å²) >= 11 is 6.07. The SMILES string of the molecule is COc1ccc(C2C3=CCC4C(=O)N(c5ccc(Cl)cc5)C(=O)C4C3CC3C(=O)N(c4ccccc4)C(=O)C32C)c(O)c1. The summed E-state index contributed by atoms with van der Waals surface area (Å²) in [5.41, 5.74) is 0.959. The van der Waals surface area contributed by atoms with Crippen LogP contribution in [0.2, 0.25) is 5.02 Å². The number of aromatic hydroxyl groups is 1. The Morgan fingerprint density at radius 1 is 0.860 bits per heavy atom. The van der Waals surface area contributed by atoms with Crippen molar-refractivity contribution in [2.45, 2.75) is 25.7 Å². The number of carbonyl (C=O) groups excluding carboxylic acids is 4. The number of anilines is 2. The minimum absolute atomic E-state index is 0.0666. The summed E-state index contributed by atoms with van der Waals surface area (Å²) in [5, 5.41) is 11.8. The highest BCUT2D eigenvalue weighted by Gasteiger charge is 2.68. The van der Waals surface area contributed by atoms with Crippen LogP contribution in [-0.2, 0) is 19.2 Å². The normalized spacial score (nSPS) is 29.7. The molecule has 4 aliphatic rings. The fourth-order valence-electron chi connectivity index (χ4n) is 7.92. The number of imide groups is 2. The van der Waals surface area contributed by atoms with Crippen LogP contribution in [-0.4, -0.2) is 35.8 Å². The van der Waals surface area contributed by atoms with Gasteiger partial charge in [0.2, 0.25) is 23.6 Å². The number of hydrogen-bond acceptors (Lipinski definition) is 6. The van der Waals surface area contributed by atoms with E-state index in [1.54, 1.807) is 67.6 Å². The Labute approximate surface area is 253 Å². The zero-order valence-electron chi connectivity index (χ0n) is 23.6. The monoisotopic (exact) mass is 596 g/mol. The molecule has 2 heterocycles. The molecule has 6 atom stereocenters. The molecule has 9 heteroatoms. The third-order valence-corrected chi connectivity index (χ3v) is 10.2. The number of halogens is 1. The largest absolute Gasteiger partial charge is 0.508 e. The summed E-state index contributed by atoms with van der Waals surface area (Å²) in [6.45, 7) is 1.79.